The van der Waals surface area contributed by atoms with Crippen molar-refractivity contribution >= 4 is 39.4 Å². The summed E-state index contributed by atoms with van der Waals surface area (Å²) in [4.78, 5) is 15.0. The first-order valence-corrected chi connectivity index (χ1v) is 10.0. The highest BCUT2D eigenvalue weighted by molar-refractivity contribution is 7.19. The average Bonchev–Trinajstić information content (AvgIpc) is 3.19. The molecule has 3 aromatic carbocycles. The molecule has 150 valence electrons. The summed E-state index contributed by atoms with van der Waals surface area (Å²) in [6.07, 6.45) is 3.82. The third-order valence-corrected chi connectivity index (χ3v) is 5.44. The van der Waals surface area contributed by atoms with Crippen LogP contribution in [0.4, 0.5) is 5.69 Å². The zero-order valence-corrected chi connectivity index (χ0v) is 17.0. The molecule has 0 saturated carbocycles. The van der Waals surface area contributed by atoms with Crippen molar-refractivity contribution in [3.63, 3.8) is 0 Å². The predicted octanol–water partition coefficient (Wildman–Crippen LogP) is 5.96. The summed E-state index contributed by atoms with van der Waals surface area (Å²) in [6.45, 7) is 0.445. The van der Waals surface area contributed by atoms with Crippen molar-refractivity contribution < 1.29 is 14.4 Å². The zero-order chi connectivity index (χ0) is 20.9. The fourth-order valence-electron chi connectivity index (χ4n) is 2.93. The average molecular weight is 418 g/mol. The largest absolute Gasteiger partial charge is 0.493 e. The van der Waals surface area contributed by atoms with Gasteiger partial charge in [0.1, 0.15) is 11.6 Å². The first-order valence-electron chi connectivity index (χ1n) is 9.20. The van der Waals surface area contributed by atoms with Gasteiger partial charge in [-0.3, -0.25) is 10.1 Å². The van der Waals surface area contributed by atoms with Crippen LogP contribution in [0.1, 0.15) is 16.1 Å². The zero-order valence-electron chi connectivity index (χ0n) is 16.1. The highest BCUT2D eigenvalue weighted by Crippen LogP contribution is 2.31. The van der Waals surface area contributed by atoms with E-state index in [1.54, 1.807) is 13.2 Å². The topological polar surface area (TPSA) is 74.5 Å². The molecule has 0 atom stereocenters. The molecule has 7 heteroatoms. The fourth-order valence-corrected chi connectivity index (χ4v) is 3.78. The molecular formula is C23H18N2O4S. The summed E-state index contributed by atoms with van der Waals surface area (Å²) in [5, 5.41) is 11.7. The Morgan fingerprint density at radius 1 is 1.03 bits per heavy atom. The van der Waals surface area contributed by atoms with Crippen LogP contribution >= 0.6 is 11.3 Å². The van der Waals surface area contributed by atoms with Crippen molar-refractivity contribution in [1.29, 1.82) is 0 Å². The smallest absolute Gasteiger partial charge is 0.271 e. The number of nitro groups is 1. The highest BCUT2D eigenvalue weighted by atomic mass is 32.1. The molecule has 0 bridgehead atoms. The van der Waals surface area contributed by atoms with Gasteiger partial charge < -0.3 is 9.47 Å². The van der Waals surface area contributed by atoms with Crippen LogP contribution in [0.15, 0.2) is 66.7 Å². The Morgan fingerprint density at radius 3 is 2.63 bits per heavy atom. The van der Waals surface area contributed by atoms with Crippen LogP contribution in [-0.4, -0.2) is 17.0 Å². The van der Waals surface area contributed by atoms with Crippen molar-refractivity contribution in [3.8, 4) is 11.5 Å². The van der Waals surface area contributed by atoms with Crippen molar-refractivity contribution in [3.05, 3.63) is 93.0 Å². The first kappa shape index (κ1) is 19.6. The Bertz CT molecular complexity index is 1220. The van der Waals surface area contributed by atoms with Gasteiger partial charge in [-0.15, -0.1) is 11.3 Å². The van der Waals surface area contributed by atoms with Gasteiger partial charge >= 0.3 is 0 Å². The number of rotatable bonds is 7. The minimum absolute atomic E-state index is 0.0405. The van der Waals surface area contributed by atoms with E-state index in [0.717, 1.165) is 20.8 Å². The van der Waals surface area contributed by atoms with Crippen molar-refractivity contribution in [2.45, 2.75) is 6.61 Å². The van der Waals surface area contributed by atoms with E-state index in [4.69, 9.17) is 9.47 Å². The predicted molar refractivity (Wildman–Crippen MR) is 119 cm³/mol. The number of ether oxygens (including phenoxy) is 2. The van der Waals surface area contributed by atoms with Gasteiger partial charge in [-0.1, -0.05) is 42.5 Å². The molecule has 0 aliphatic heterocycles. The quantitative estimate of drug-likeness (QED) is 0.273. The van der Waals surface area contributed by atoms with Crippen LogP contribution in [0.2, 0.25) is 0 Å². The summed E-state index contributed by atoms with van der Waals surface area (Å²) in [5.74, 6) is 1.32. The van der Waals surface area contributed by atoms with E-state index in [1.165, 1.54) is 23.5 Å². The Hall–Kier alpha value is -3.71. The Kier molecular flexibility index (Phi) is 5.72. The molecule has 0 N–H and O–H groups in total. The molecule has 4 rings (SSSR count). The molecule has 6 nitrogen and oxygen atoms in total. The van der Waals surface area contributed by atoms with Crippen molar-refractivity contribution in [2.75, 3.05) is 7.11 Å². The number of thiazole rings is 1. The molecule has 1 aromatic heterocycles. The molecular weight excluding hydrogens is 400 g/mol. The number of methoxy groups -OCH3 is 1. The van der Waals surface area contributed by atoms with E-state index in [1.807, 2.05) is 60.7 Å². The second-order valence-corrected chi connectivity index (χ2v) is 7.54. The molecule has 0 unspecified atom stereocenters. The lowest BCUT2D eigenvalue weighted by atomic mass is 10.2. The van der Waals surface area contributed by atoms with E-state index in [0.29, 0.717) is 23.6 Å². The number of aromatic nitrogens is 1. The maximum atomic E-state index is 10.9. The molecule has 0 fully saturated rings. The maximum absolute atomic E-state index is 10.9. The summed E-state index contributed by atoms with van der Waals surface area (Å²) in [6, 6.07) is 20.4. The Balaban J connectivity index is 1.54. The van der Waals surface area contributed by atoms with Gasteiger partial charge in [-0.2, -0.15) is 0 Å². The number of nitrogens with zero attached hydrogens (tertiary/aromatic N) is 2. The number of hydrogen-bond acceptors (Lipinski definition) is 6. The molecule has 0 aliphatic rings. The van der Waals surface area contributed by atoms with E-state index >= 15 is 0 Å². The van der Waals surface area contributed by atoms with Crippen molar-refractivity contribution in [1.82, 2.24) is 4.98 Å². The standard InChI is InChI=1S/C23H18N2O4S/c1-28-20-10-7-16(13-21(20)29-15-17-5-3-2-4-6-17)8-12-23-24-19-14-18(25(26)27)9-11-22(19)30-23/h2-14H,15H2,1H3. The van der Waals surface area contributed by atoms with E-state index in [9.17, 15) is 10.1 Å². The molecule has 0 spiro atoms. The van der Waals surface area contributed by atoms with Crippen LogP contribution in [-0.2, 0) is 6.61 Å². The molecule has 0 radical (unpaired) electrons. The van der Waals surface area contributed by atoms with Crippen LogP contribution in [0.3, 0.4) is 0 Å². The van der Waals surface area contributed by atoms with Crippen molar-refractivity contribution in [2.24, 2.45) is 0 Å². The third-order valence-electron chi connectivity index (χ3n) is 4.44. The van der Waals surface area contributed by atoms with Gasteiger partial charge in [0.2, 0.25) is 0 Å². The summed E-state index contributed by atoms with van der Waals surface area (Å²) in [5.41, 5.74) is 2.67. The van der Waals surface area contributed by atoms with Crippen LogP contribution < -0.4 is 9.47 Å². The van der Waals surface area contributed by atoms with Gasteiger partial charge in [-0.05, 0) is 35.4 Å². The van der Waals surface area contributed by atoms with E-state index in [2.05, 4.69) is 4.98 Å². The summed E-state index contributed by atoms with van der Waals surface area (Å²) in [7, 11) is 1.61. The molecule has 30 heavy (non-hydrogen) atoms. The normalized spacial score (nSPS) is 11.1. The highest BCUT2D eigenvalue weighted by Gasteiger charge is 2.10. The minimum Gasteiger partial charge on any atom is -0.493 e. The van der Waals surface area contributed by atoms with Crippen LogP contribution in [0.5, 0.6) is 11.5 Å². The van der Waals surface area contributed by atoms with Gasteiger partial charge in [0.25, 0.3) is 5.69 Å². The van der Waals surface area contributed by atoms with Crippen LogP contribution in [0, 0.1) is 10.1 Å². The molecule has 0 saturated heterocycles. The Morgan fingerprint density at radius 2 is 1.87 bits per heavy atom. The Labute approximate surface area is 177 Å². The lowest BCUT2D eigenvalue weighted by Crippen LogP contribution is -1.97. The lowest BCUT2D eigenvalue weighted by molar-refractivity contribution is -0.384. The van der Waals surface area contributed by atoms with E-state index < -0.39 is 4.92 Å². The molecule has 4 aromatic rings. The number of nitro benzene ring substituents is 1. The minimum atomic E-state index is -0.414. The number of non-ortho nitro benzene ring substituents is 1. The second kappa shape index (κ2) is 8.75. The second-order valence-electron chi connectivity index (χ2n) is 6.48. The van der Waals surface area contributed by atoms with Gasteiger partial charge in [0.05, 0.1) is 22.2 Å². The maximum Gasteiger partial charge on any atom is 0.271 e. The van der Waals surface area contributed by atoms with Gasteiger partial charge in [0, 0.05) is 12.1 Å². The fraction of sp³-hybridized carbons (Fsp3) is 0.0870. The molecule has 1 heterocycles. The first-order chi connectivity index (χ1) is 14.6. The summed E-state index contributed by atoms with van der Waals surface area (Å²) < 4.78 is 12.3. The van der Waals surface area contributed by atoms with Gasteiger partial charge in [-0.25, -0.2) is 4.98 Å². The number of benzene rings is 3. The monoisotopic (exact) mass is 418 g/mol. The number of hydrogen-bond donors (Lipinski definition) is 0. The molecule has 0 amide bonds. The summed E-state index contributed by atoms with van der Waals surface area (Å²) >= 11 is 1.48. The lowest BCUT2D eigenvalue weighted by Gasteiger charge is -2.11. The number of fused-ring (bicyclic) bond motifs is 1. The third kappa shape index (κ3) is 4.47. The SMILES string of the molecule is COc1ccc(C=Cc2nc3cc([N+](=O)[O-])ccc3s2)cc1OCc1ccccc1. The van der Waals surface area contributed by atoms with E-state index in [-0.39, 0.29) is 5.69 Å². The van der Waals surface area contributed by atoms with Crippen LogP contribution in [0.25, 0.3) is 22.4 Å². The van der Waals surface area contributed by atoms with Gasteiger partial charge in [0.15, 0.2) is 11.5 Å². The molecule has 0 aliphatic carbocycles.